The first-order valence-corrected chi connectivity index (χ1v) is 6.74. The minimum absolute atomic E-state index is 0.205. The Labute approximate surface area is 119 Å². The first-order valence-electron chi connectivity index (χ1n) is 6.74. The molecule has 5 nitrogen and oxygen atoms in total. The minimum atomic E-state index is -0.205. The Morgan fingerprint density at radius 1 is 1.30 bits per heavy atom. The van der Waals surface area contributed by atoms with Crippen molar-refractivity contribution in [3.05, 3.63) is 30.1 Å². The maximum atomic E-state index is 6.02. The van der Waals surface area contributed by atoms with Gasteiger partial charge in [-0.25, -0.2) is 9.67 Å². The number of hydrogen-bond acceptors (Lipinski definition) is 4. The molecule has 0 aliphatic carbocycles. The maximum Gasteiger partial charge on any atom is 0.185 e. The number of methoxy groups -OCH3 is 1. The van der Waals surface area contributed by atoms with Gasteiger partial charge in [0.1, 0.15) is 11.6 Å². The van der Waals surface area contributed by atoms with Crippen LogP contribution in [-0.2, 0) is 6.54 Å². The van der Waals surface area contributed by atoms with Gasteiger partial charge in [-0.1, -0.05) is 12.1 Å². The third kappa shape index (κ3) is 3.36. The topological polar surface area (TPSA) is 66.0 Å². The van der Waals surface area contributed by atoms with Gasteiger partial charge in [-0.15, -0.1) is 0 Å². The zero-order valence-corrected chi connectivity index (χ0v) is 12.6. The number of aromatic nitrogens is 3. The molecule has 0 radical (unpaired) electrons. The number of benzene rings is 1. The number of ether oxygens (including phenoxy) is 1. The van der Waals surface area contributed by atoms with Gasteiger partial charge in [0.2, 0.25) is 0 Å². The van der Waals surface area contributed by atoms with E-state index in [1.807, 2.05) is 49.7 Å². The molecule has 0 amide bonds. The van der Waals surface area contributed by atoms with Crippen molar-refractivity contribution in [2.24, 2.45) is 5.73 Å². The lowest BCUT2D eigenvalue weighted by Gasteiger charge is -2.18. The van der Waals surface area contributed by atoms with E-state index in [1.165, 1.54) is 0 Å². The third-order valence-corrected chi connectivity index (χ3v) is 3.17. The second-order valence-electron chi connectivity index (χ2n) is 5.64. The standard InChI is InChI=1S/C15H22N4O/c1-11-17-14(12-7-5-6-8-13(12)20-4)18-19(11)10-9-15(2,3)16/h5-8H,9-10,16H2,1-4H3. The molecule has 108 valence electrons. The molecule has 0 fully saturated rings. The molecule has 0 bridgehead atoms. The molecular weight excluding hydrogens is 252 g/mol. The fourth-order valence-corrected chi connectivity index (χ4v) is 1.97. The first-order chi connectivity index (χ1) is 9.40. The van der Waals surface area contributed by atoms with Crippen LogP contribution < -0.4 is 10.5 Å². The number of hydrogen-bond donors (Lipinski definition) is 1. The van der Waals surface area contributed by atoms with E-state index in [0.29, 0.717) is 5.82 Å². The van der Waals surface area contributed by atoms with E-state index in [-0.39, 0.29) is 5.54 Å². The summed E-state index contributed by atoms with van der Waals surface area (Å²) in [6.45, 7) is 6.74. The highest BCUT2D eigenvalue weighted by Crippen LogP contribution is 2.27. The highest BCUT2D eigenvalue weighted by atomic mass is 16.5. The van der Waals surface area contributed by atoms with Crippen LogP contribution in [0.15, 0.2) is 24.3 Å². The smallest absolute Gasteiger partial charge is 0.185 e. The molecule has 0 unspecified atom stereocenters. The molecule has 0 aliphatic rings. The van der Waals surface area contributed by atoms with Gasteiger partial charge < -0.3 is 10.5 Å². The SMILES string of the molecule is COc1ccccc1-c1nc(C)n(CCC(C)(C)N)n1. The van der Waals surface area contributed by atoms with Crippen LogP contribution in [-0.4, -0.2) is 27.4 Å². The zero-order chi connectivity index (χ0) is 14.8. The molecule has 20 heavy (non-hydrogen) atoms. The van der Waals surface area contributed by atoms with Gasteiger partial charge in [0.15, 0.2) is 5.82 Å². The van der Waals surface area contributed by atoms with E-state index in [1.54, 1.807) is 7.11 Å². The van der Waals surface area contributed by atoms with E-state index < -0.39 is 0 Å². The molecule has 1 heterocycles. The van der Waals surface area contributed by atoms with Crippen LogP contribution in [0.25, 0.3) is 11.4 Å². The van der Waals surface area contributed by atoms with Gasteiger partial charge in [-0.2, -0.15) is 5.10 Å². The summed E-state index contributed by atoms with van der Waals surface area (Å²) in [7, 11) is 1.65. The lowest BCUT2D eigenvalue weighted by Crippen LogP contribution is -2.33. The molecule has 5 heteroatoms. The molecule has 0 saturated heterocycles. The zero-order valence-electron chi connectivity index (χ0n) is 12.6. The Morgan fingerprint density at radius 3 is 2.65 bits per heavy atom. The van der Waals surface area contributed by atoms with Crippen LogP contribution >= 0.6 is 0 Å². The molecule has 0 spiro atoms. The first kappa shape index (κ1) is 14.5. The Kier molecular flexibility index (Phi) is 4.09. The van der Waals surface area contributed by atoms with E-state index in [9.17, 15) is 0 Å². The summed E-state index contributed by atoms with van der Waals surface area (Å²) in [5.74, 6) is 2.36. The number of rotatable bonds is 5. The van der Waals surface area contributed by atoms with Crippen LogP contribution in [0, 0.1) is 6.92 Å². The van der Waals surface area contributed by atoms with Crippen LogP contribution in [0.1, 0.15) is 26.1 Å². The molecule has 2 rings (SSSR count). The summed E-state index contributed by atoms with van der Waals surface area (Å²) in [6.07, 6.45) is 0.850. The molecule has 1 aromatic carbocycles. The van der Waals surface area contributed by atoms with Crippen molar-refractivity contribution in [2.45, 2.75) is 39.3 Å². The van der Waals surface area contributed by atoms with E-state index in [4.69, 9.17) is 10.5 Å². The number of nitrogens with two attached hydrogens (primary N) is 1. The van der Waals surface area contributed by atoms with Crippen molar-refractivity contribution < 1.29 is 4.74 Å². The predicted octanol–water partition coefficient (Wildman–Crippen LogP) is 2.39. The summed E-state index contributed by atoms with van der Waals surface area (Å²) in [5, 5.41) is 4.56. The van der Waals surface area contributed by atoms with Crippen molar-refractivity contribution in [3.63, 3.8) is 0 Å². The van der Waals surface area contributed by atoms with Crippen molar-refractivity contribution >= 4 is 0 Å². The molecule has 0 saturated carbocycles. The molecule has 2 aromatic rings. The van der Waals surface area contributed by atoms with Gasteiger partial charge in [0.05, 0.1) is 12.7 Å². The lowest BCUT2D eigenvalue weighted by molar-refractivity contribution is 0.413. The van der Waals surface area contributed by atoms with Crippen molar-refractivity contribution in [3.8, 4) is 17.1 Å². The summed E-state index contributed by atoms with van der Waals surface area (Å²) >= 11 is 0. The molecule has 0 aliphatic heterocycles. The van der Waals surface area contributed by atoms with Gasteiger partial charge in [-0.05, 0) is 39.3 Å². The normalized spacial score (nSPS) is 11.7. The average Bonchev–Trinajstić information content (AvgIpc) is 2.77. The van der Waals surface area contributed by atoms with Crippen LogP contribution in [0.5, 0.6) is 5.75 Å². The average molecular weight is 274 g/mol. The third-order valence-electron chi connectivity index (χ3n) is 3.17. The summed E-state index contributed by atoms with van der Waals surface area (Å²) < 4.78 is 7.25. The number of nitrogens with zero attached hydrogens (tertiary/aromatic N) is 3. The van der Waals surface area contributed by atoms with Crippen molar-refractivity contribution in [2.75, 3.05) is 7.11 Å². The monoisotopic (exact) mass is 274 g/mol. The Morgan fingerprint density at radius 2 is 2.00 bits per heavy atom. The minimum Gasteiger partial charge on any atom is -0.496 e. The highest BCUT2D eigenvalue weighted by molar-refractivity contribution is 5.63. The summed E-state index contributed by atoms with van der Waals surface area (Å²) in [6, 6.07) is 7.76. The molecule has 0 atom stereocenters. The maximum absolute atomic E-state index is 6.02. The van der Waals surface area contributed by atoms with E-state index in [2.05, 4.69) is 10.1 Å². The van der Waals surface area contributed by atoms with Gasteiger partial charge >= 0.3 is 0 Å². The number of para-hydroxylation sites is 1. The Bertz CT molecular complexity index is 584. The second kappa shape index (κ2) is 5.63. The van der Waals surface area contributed by atoms with Crippen LogP contribution in [0.2, 0.25) is 0 Å². The Hall–Kier alpha value is -1.88. The lowest BCUT2D eigenvalue weighted by atomic mass is 10.0. The van der Waals surface area contributed by atoms with Gasteiger partial charge in [0.25, 0.3) is 0 Å². The van der Waals surface area contributed by atoms with E-state index in [0.717, 1.165) is 30.1 Å². The van der Waals surface area contributed by atoms with Crippen molar-refractivity contribution in [1.82, 2.24) is 14.8 Å². The molecule has 2 N–H and O–H groups in total. The Balaban J connectivity index is 2.27. The predicted molar refractivity (Wildman–Crippen MR) is 79.6 cm³/mol. The fraction of sp³-hybridized carbons (Fsp3) is 0.467. The van der Waals surface area contributed by atoms with Gasteiger partial charge in [0, 0.05) is 12.1 Å². The fourth-order valence-electron chi connectivity index (χ4n) is 1.97. The van der Waals surface area contributed by atoms with Crippen molar-refractivity contribution in [1.29, 1.82) is 0 Å². The highest BCUT2D eigenvalue weighted by Gasteiger charge is 2.15. The largest absolute Gasteiger partial charge is 0.496 e. The summed E-state index contributed by atoms with van der Waals surface area (Å²) in [5.41, 5.74) is 6.72. The van der Waals surface area contributed by atoms with Gasteiger partial charge in [-0.3, -0.25) is 0 Å². The second-order valence-corrected chi connectivity index (χ2v) is 5.64. The molecule has 1 aromatic heterocycles. The van der Waals surface area contributed by atoms with Crippen LogP contribution in [0.3, 0.4) is 0 Å². The molecular formula is C15H22N4O. The van der Waals surface area contributed by atoms with Crippen LogP contribution in [0.4, 0.5) is 0 Å². The number of aryl methyl sites for hydroxylation is 2. The quantitative estimate of drug-likeness (QED) is 0.909. The summed E-state index contributed by atoms with van der Waals surface area (Å²) in [4.78, 5) is 4.52. The van der Waals surface area contributed by atoms with E-state index >= 15 is 0 Å².